The molecule has 3 aromatic heterocycles. The van der Waals surface area contributed by atoms with Gasteiger partial charge in [0.15, 0.2) is 5.75 Å². The Morgan fingerprint density at radius 1 is 0.439 bits per heavy atom. The first-order valence-electron chi connectivity index (χ1n) is 26.6. The monoisotopic (exact) mass is 857 g/mol. The molecule has 0 amide bonds. The topological polar surface area (TPSA) is 38.5 Å². The fraction of sp³-hybridized carbons (Fsp3) is 0.0167. The predicted octanol–water partition coefficient (Wildman–Crippen LogP) is 15.6. The van der Waals surface area contributed by atoms with Gasteiger partial charge in [-0.05, 0) is 71.8 Å². The zero-order valence-electron chi connectivity index (χ0n) is 45.1. The van der Waals surface area contributed by atoms with E-state index < -0.39 is 60.4 Å². The minimum Gasteiger partial charge on any atom is -0.455 e. The first kappa shape index (κ1) is 28.7. The molecule has 6 nitrogen and oxygen atoms in total. The summed E-state index contributed by atoms with van der Waals surface area (Å²) in [7, 11) is 0. The number of ether oxygens (including phenoxy) is 1. The smallest absolute Gasteiger partial charge is 0.153 e. The predicted molar refractivity (Wildman–Crippen MR) is 272 cm³/mol. The molecule has 0 aliphatic carbocycles. The van der Waals surface area contributed by atoms with Crippen LogP contribution in [-0.2, 0) is 0 Å². The molecule has 0 spiro atoms. The van der Waals surface area contributed by atoms with Crippen LogP contribution in [0.2, 0.25) is 0 Å². The fourth-order valence-electron chi connectivity index (χ4n) is 9.63. The third-order valence-electron chi connectivity index (χ3n) is 12.4. The van der Waals surface area contributed by atoms with Gasteiger partial charge in [-0.25, -0.2) is 4.98 Å². The second kappa shape index (κ2) is 15.4. The lowest BCUT2D eigenvalue weighted by Crippen LogP contribution is -2.25. The molecule has 1 aliphatic rings. The lowest BCUT2D eigenvalue weighted by atomic mass is 9.95. The Balaban J connectivity index is 0.996. The standard InChI is InChI=1S/C60H41N5O/c1-3-19-41(20-4-1)45-28-18-29-46(42-21-5-2-6-22-42)60(45)63-40-62(54-33-13-14-34-55(54)63)43-23-17-24-44(37-43)66-58-39-56-50(49-27-9-12-32-53(49)65(56)59-35-15-16-36-61-59)38-57(58)64-51-30-10-7-25-47(51)48-26-8-11-31-52(48)64/h1-39H,40H2/i1D,2D,3D,4D,5D,6D,19D,20D,21D,22D. The van der Waals surface area contributed by atoms with Crippen LogP contribution < -0.4 is 14.5 Å². The maximum Gasteiger partial charge on any atom is 0.153 e. The Morgan fingerprint density at radius 3 is 1.64 bits per heavy atom. The van der Waals surface area contributed by atoms with Gasteiger partial charge in [0.05, 0.1) is 58.5 Å². The number of hydrogen-bond acceptors (Lipinski definition) is 4. The van der Waals surface area contributed by atoms with Crippen molar-refractivity contribution in [2.75, 3.05) is 16.5 Å². The number of aromatic nitrogens is 3. The van der Waals surface area contributed by atoms with Crippen molar-refractivity contribution < 1.29 is 18.4 Å². The zero-order chi connectivity index (χ0) is 52.3. The highest BCUT2D eigenvalue weighted by Crippen LogP contribution is 2.51. The Morgan fingerprint density at radius 2 is 1.00 bits per heavy atom. The van der Waals surface area contributed by atoms with Crippen LogP contribution in [-0.4, -0.2) is 20.8 Å². The van der Waals surface area contributed by atoms with Crippen molar-refractivity contribution in [1.82, 2.24) is 14.1 Å². The molecule has 9 aromatic carbocycles. The maximum absolute atomic E-state index is 9.12. The second-order valence-electron chi connectivity index (χ2n) is 16.0. The van der Waals surface area contributed by atoms with Gasteiger partial charge in [0.2, 0.25) is 0 Å². The van der Waals surface area contributed by atoms with E-state index in [1.54, 1.807) is 24.4 Å². The largest absolute Gasteiger partial charge is 0.455 e. The number of pyridine rings is 1. The molecule has 4 heterocycles. The Labute approximate surface area is 396 Å². The first-order valence-corrected chi connectivity index (χ1v) is 21.6. The van der Waals surface area contributed by atoms with E-state index in [4.69, 9.17) is 23.4 Å². The van der Waals surface area contributed by atoms with E-state index in [9.17, 15) is 0 Å². The van der Waals surface area contributed by atoms with Gasteiger partial charge in [-0.3, -0.25) is 4.57 Å². The number of para-hydroxylation sites is 6. The van der Waals surface area contributed by atoms with Crippen LogP contribution >= 0.6 is 0 Å². The van der Waals surface area contributed by atoms with Crippen LogP contribution in [0.15, 0.2) is 236 Å². The van der Waals surface area contributed by atoms with Gasteiger partial charge in [-0.1, -0.05) is 157 Å². The third-order valence-corrected chi connectivity index (χ3v) is 12.4. The minimum atomic E-state index is -0.556. The fourth-order valence-corrected chi connectivity index (χ4v) is 9.63. The number of rotatable bonds is 8. The second-order valence-corrected chi connectivity index (χ2v) is 16.0. The van der Waals surface area contributed by atoms with Gasteiger partial charge >= 0.3 is 0 Å². The number of benzene rings is 9. The highest BCUT2D eigenvalue weighted by molar-refractivity contribution is 6.13. The molecule has 66 heavy (non-hydrogen) atoms. The molecule has 0 saturated heterocycles. The number of hydrogen-bond donors (Lipinski definition) is 0. The van der Waals surface area contributed by atoms with Crippen molar-refractivity contribution in [2.24, 2.45) is 0 Å². The highest BCUT2D eigenvalue weighted by atomic mass is 16.5. The maximum atomic E-state index is 9.12. The van der Waals surface area contributed by atoms with Crippen LogP contribution in [0.1, 0.15) is 13.7 Å². The van der Waals surface area contributed by atoms with Gasteiger partial charge in [-0.2, -0.15) is 0 Å². The summed E-state index contributed by atoms with van der Waals surface area (Å²) >= 11 is 0. The third kappa shape index (κ3) is 6.07. The lowest BCUT2D eigenvalue weighted by molar-refractivity contribution is 0.481. The average Bonchev–Trinajstić information content (AvgIpc) is 4.26. The molecule has 13 rings (SSSR count). The average molecular weight is 858 g/mol. The summed E-state index contributed by atoms with van der Waals surface area (Å²) in [6.07, 6.45) is 1.79. The van der Waals surface area contributed by atoms with Crippen molar-refractivity contribution in [3.8, 4) is 45.3 Å². The van der Waals surface area contributed by atoms with Gasteiger partial charge in [0.1, 0.15) is 18.2 Å². The van der Waals surface area contributed by atoms with Crippen LogP contribution in [0.5, 0.6) is 11.5 Å². The summed E-state index contributed by atoms with van der Waals surface area (Å²) in [5.41, 5.74) is 7.37. The van der Waals surface area contributed by atoms with Crippen LogP contribution in [0, 0.1) is 0 Å². The highest BCUT2D eigenvalue weighted by Gasteiger charge is 2.31. The van der Waals surface area contributed by atoms with E-state index in [2.05, 4.69) is 62.6 Å². The molecule has 0 radical (unpaired) electrons. The number of anilines is 4. The molecule has 0 bridgehead atoms. The van der Waals surface area contributed by atoms with Crippen molar-refractivity contribution in [3.05, 3.63) is 236 Å². The van der Waals surface area contributed by atoms with E-state index in [1.807, 2.05) is 108 Å². The van der Waals surface area contributed by atoms with Crippen molar-refractivity contribution in [3.63, 3.8) is 0 Å². The SMILES string of the molecule is [2H]c1c([2H])c([2H])c(-c2cccc(-c3c([2H])c([2H])c([2H])c([2H])c3[2H])c2N2CN(c3cccc(Oc4cc5c(cc4-n4c6ccccc6c6ccccc64)c4ccccc4n5-c4ccccn4)c3)c3ccccc32)c([2H])c1[2H]. The Hall–Kier alpha value is -8.87. The van der Waals surface area contributed by atoms with Gasteiger partial charge in [-0.15, -0.1) is 0 Å². The van der Waals surface area contributed by atoms with Crippen LogP contribution in [0.4, 0.5) is 22.7 Å². The summed E-state index contributed by atoms with van der Waals surface area (Å²) in [5, 5.41) is 4.27. The molecule has 0 N–H and O–H groups in total. The van der Waals surface area contributed by atoms with Gasteiger partial charge in [0.25, 0.3) is 0 Å². The number of fused-ring (bicyclic) bond motifs is 7. The molecular weight excluding hydrogens is 807 g/mol. The summed E-state index contributed by atoms with van der Waals surface area (Å²) in [6.45, 7) is 0.0901. The van der Waals surface area contributed by atoms with Crippen LogP contribution in [0.3, 0.4) is 0 Å². The summed E-state index contributed by atoms with van der Waals surface area (Å²) in [4.78, 5) is 8.76. The summed E-state index contributed by atoms with van der Waals surface area (Å²) < 4.78 is 99.5. The minimum absolute atomic E-state index is 0.0901. The van der Waals surface area contributed by atoms with Crippen molar-refractivity contribution >= 4 is 66.4 Å². The molecule has 0 saturated carbocycles. The summed E-state index contributed by atoms with van der Waals surface area (Å²) in [6, 6.07) is 50.3. The molecule has 312 valence electrons. The van der Waals surface area contributed by atoms with E-state index >= 15 is 0 Å². The van der Waals surface area contributed by atoms with E-state index in [-0.39, 0.29) is 34.6 Å². The van der Waals surface area contributed by atoms with Crippen molar-refractivity contribution in [1.29, 1.82) is 0 Å². The molecule has 0 fully saturated rings. The molecule has 1 aliphatic heterocycles. The zero-order valence-corrected chi connectivity index (χ0v) is 35.1. The first-order chi connectivity index (χ1) is 36.9. The van der Waals surface area contributed by atoms with Crippen LogP contribution in [0.25, 0.3) is 77.4 Å². The Bertz CT molecular complexity index is 4210. The quantitative estimate of drug-likeness (QED) is 0.153. The molecule has 0 unspecified atom stereocenters. The van der Waals surface area contributed by atoms with Gasteiger partial charge in [0, 0.05) is 56.7 Å². The molecule has 12 aromatic rings. The molecule has 6 heteroatoms. The van der Waals surface area contributed by atoms with E-state index in [0.29, 0.717) is 17.2 Å². The van der Waals surface area contributed by atoms with Gasteiger partial charge < -0.3 is 19.1 Å². The molecule has 0 atom stereocenters. The van der Waals surface area contributed by atoms with Crippen molar-refractivity contribution in [2.45, 2.75) is 0 Å². The van der Waals surface area contributed by atoms with E-state index in [1.165, 1.54) is 0 Å². The number of nitrogens with zero attached hydrogens (tertiary/aromatic N) is 5. The molecular formula is C60H41N5O. The van der Waals surface area contributed by atoms with E-state index in [0.717, 1.165) is 66.5 Å². The summed E-state index contributed by atoms with van der Waals surface area (Å²) in [5.74, 6) is 1.86. The Kier molecular flexibility index (Phi) is 6.72. The normalized spacial score (nSPS) is 14.5. The lowest BCUT2D eigenvalue weighted by Gasteiger charge is -2.27.